The van der Waals surface area contributed by atoms with E-state index in [1.165, 1.54) is 6.26 Å². The van der Waals surface area contributed by atoms with Crippen LogP contribution in [0, 0.1) is 5.92 Å². The molecule has 0 atom stereocenters. The maximum Gasteiger partial charge on any atom is 0.198 e. The molecule has 0 unspecified atom stereocenters. The second kappa shape index (κ2) is 5.23. The van der Waals surface area contributed by atoms with Crippen LogP contribution in [-0.4, -0.2) is 11.7 Å². The molecule has 0 aliphatic heterocycles. The molecule has 4 nitrogen and oxygen atoms in total. The van der Waals surface area contributed by atoms with Gasteiger partial charge < -0.3 is 14.3 Å². The summed E-state index contributed by atoms with van der Waals surface area (Å²) in [5.41, 5.74) is 0.533. The van der Waals surface area contributed by atoms with Gasteiger partial charge in [0.25, 0.3) is 0 Å². The van der Waals surface area contributed by atoms with Crippen molar-refractivity contribution in [1.29, 1.82) is 0 Å². The molecule has 1 N–H and O–H groups in total. The summed E-state index contributed by atoms with van der Waals surface area (Å²) in [6.45, 7) is 4.43. The summed E-state index contributed by atoms with van der Waals surface area (Å²) >= 11 is 0. The summed E-state index contributed by atoms with van der Waals surface area (Å²) in [6, 6.07) is 5.10. The first kappa shape index (κ1) is 12.6. The first-order valence-electron chi connectivity index (χ1n) is 5.90. The van der Waals surface area contributed by atoms with Gasteiger partial charge in [0, 0.05) is 6.07 Å². The molecule has 4 heteroatoms. The Hall–Kier alpha value is -1.81. The molecular formula is C14H16O4. The smallest absolute Gasteiger partial charge is 0.198 e. The fraction of sp³-hybridized carbons (Fsp3) is 0.357. The Morgan fingerprint density at radius 1 is 1.39 bits per heavy atom. The summed E-state index contributed by atoms with van der Waals surface area (Å²) in [5, 5.41) is 9.45. The third-order valence-electron chi connectivity index (χ3n) is 2.57. The highest BCUT2D eigenvalue weighted by atomic mass is 16.5. The average molecular weight is 248 g/mol. The molecule has 0 aliphatic carbocycles. The molecule has 0 fully saturated rings. The lowest BCUT2D eigenvalue weighted by Gasteiger charge is -2.09. The number of ether oxygens (including phenoxy) is 1. The van der Waals surface area contributed by atoms with E-state index in [1.54, 1.807) is 18.2 Å². The third kappa shape index (κ3) is 2.54. The first-order valence-corrected chi connectivity index (χ1v) is 5.90. The number of rotatable bonds is 4. The van der Waals surface area contributed by atoms with Crippen LogP contribution in [0.2, 0.25) is 0 Å². The lowest BCUT2D eigenvalue weighted by molar-refractivity contribution is 0.271. The maximum absolute atomic E-state index is 11.9. The largest absolute Gasteiger partial charge is 0.493 e. The van der Waals surface area contributed by atoms with Gasteiger partial charge in [-0.15, -0.1) is 0 Å². The Morgan fingerprint density at radius 3 is 2.83 bits per heavy atom. The third-order valence-corrected chi connectivity index (χ3v) is 2.57. The Balaban J connectivity index is 2.38. The number of benzene rings is 1. The van der Waals surface area contributed by atoms with E-state index in [0.717, 1.165) is 0 Å². The normalized spacial score (nSPS) is 11.1. The predicted octanol–water partition coefficient (Wildman–Crippen LogP) is 2.32. The van der Waals surface area contributed by atoms with Crippen LogP contribution in [0.1, 0.15) is 19.4 Å². The molecule has 2 rings (SSSR count). The van der Waals surface area contributed by atoms with Crippen LogP contribution in [0.15, 0.2) is 33.7 Å². The molecule has 0 radical (unpaired) electrons. The Labute approximate surface area is 105 Å². The van der Waals surface area contributed by atoms with Crippen molar-refractivity contribution in [2.75, 3.05) is 6.61 Å². The number of hydrogen-bond acceptors (Lipinski definition) is 4. The van der Waals surface area contributed by atoms with Crippen molar-refractivity contribution in [3.63, 3.8) is 0 Å². The second-order valence-electron chi connectivity index (χ2n) is 4.61. The quantitative estimate of drug-likeness (QED) is 0.902. The number of aliphatic hydroxyl groups excluding tert-OH is 1. The fourth-order valence-corrected chi connectivity index (χ4v) is 1.61. The highest BCUT2D eigenvalue weighted by Gasteiger charge is 2.07. The van der Waals surface area contributed by atoms with E-state index >= 15 is 0 Å². The van der Waals surface area contributed by atoms with Crippen molar-refractivity contribution in [2.24, 2.45) is 5.92 Å². The van der Waals surface area contributed by atoms with E-state index in [4.69, 9.17) is 14.3 Å². The zero-order valence-electron chi connectivity index (χ0n) is 10.5. The number of aliphatic hydroxyl groups is 1. The lowest BCUT2D eigenvalue weighted by Crippen LogP contribution is -2.09. The van der Waals surface area contributed by atoms with Crippen molar-refractivity contribution < 1.29 is 14.3 Å². The molecule has 18 heavy (non-hydrogen) atoms. The van der Waals surface area contributed by atoms with Gasteiger partial charge in [0.05, 0.1) is 24.2 Å². The number of fused-ring (bicyclic) bond motifs is 1. The Kier molecular flexibility index (Phi) is 3.67. The van der Waals surface area contributed by atoms with E-state index in [-0.39, 0.29) is 17.6 Å². The molecule has 1 heterocycles. The molecular weight excluding hydrogens is 232 g/mol. The maximum atomic E-state index is 11.9. The van der Waals surface area contributed by atoms with Crippen LogP contribution >= 0.6 is 0 Å². The highest BCUT2D eigenvalue weighted by molar-refractivity contribution is 5.78. The molecule has 96 valence electrons. The highest BCUT2D eigenvalue weighted by Crippen LogP contribution is 2.19. The van der Waals surface area contributed by atoms with Crippen molar-refractivity contribution in [3.8, 4) is 5.75 Å². The fourth-order valence-electron chi connectivity index (χ4n) is 1.61. The van der Waals surface area contributed by atoms with Crippen LogP contribution < -0.4 is 10.2 Å². The van der Waals surface area contributed by atoms with Crippen LogP contribution in [-0.2, 0) is 6.61 Å². The van der Waals surface area contributed by atoms with Crippen molar-refractivity contribution in [3.05, 3.63) is 40.2 Å². The van der Waals surface area contributed by atoms with Crippen LogP contribution in [0.4, 0.5) is 0 Å². The van der Waals surface area contributed by atoms with Gasteiger partial charge in [-0.2, -0.15) is 0 Å². The summed E-state index contributed by atoms with van der Waals surface area (Å²) in [7, 11) is 0. The Bertz CT molecular complexity index is 598. The molecule has 0 aliphatic rings. The van der Waals surface area contributed by atoms with Gasteiger partial charge in [-0.05, 0) is 18.1 Å². The topological polar surface area (TPSA) is 59.7 Å². The molecule has 0 amide bonds. The SMILES string of the molecule is CC(C)COc1ccc2c(=O)c(CO)coc2c1. The standard InChI is InChI=1S/C14H16O4/c1-9(2)7-17-11-3-4-12-13(5-11)18-8-10(6-15)14(12)16/h3-5,8-9,15H,6-7H2,1-2H3. The minimum Gasteiger partial charge on any atom is -0.493 e. The van der Waals surface area contributed by atoms with Crippen molar-refractivity contribution in [2.45, 2.75) is 20.5 Å². The zero-order valence-corrected chi connectivity index (χ0v) is 10.5. The van der Waals surface area contributed by atoms with Crippen LogP contribution in [0.25, 0.3) is 11.0 Å². The van der Waals surface area contributed by atoms with Gasteiger partial charge in [-0.25, -0.2) is 0 Å². The van der Waals surface area contributed by atoms with E-state index in [0.29, 0.717) is 29.2 Å². The first-order chi connectivity index (χ1) is 8.61. The van der Waals surface area contributed by atoms with Crippen molar-refractivity contribution in [1.82, 2.24) is 0 Å². The van der Waals surface area contributed by atoms with Crippen LogP contribution in [0.5, 0.6) is 5.75 Å². The number of hydrogen-bond donors (Lipinski definition) is 1. The zero-order chi connectivity index (χ0) is 13.1. The van der Waals surface area contributed by atoms with E-state index < -0.39 is 0 Å². The van der Waals surface area contributed by atoms with E-state index in [2.05, 4.69) is 13.8 Å². The minimum atomic E-state index is -0.316. The molecule has 0 saturated carbocycles. The van der Waals surface area contributed by atoms with E-state index in [1.807, 2.05) is 0 Å². The monoisotopic (exact) mass is 248 g/mol. The predicted molar refractivity (Wildman–Crippen MR) is 68.7 cm³/mol. The Morgan fingerprint density at radius 2 is 2.17 bits per heavy atom. The molecule has 1 aromatic heterocycles. The summed E-state index contributed by atoms with van der Waals surface area (Å²) in [4.78, 5) is 11.9. The molecule has 1 aromatic carbocycles. The van der Waals surface area contributed by atoms with Gasteiger partial charge in [0.2, 0.25) is 0 Å². The summed E-state index contributed by atoms with van der Waals surface area (Å²) in [6.07, 6.45) is 1.29. The van der Waals surface area contributed by atoms with Gasteiger partial charge in [0.15, 0.2) is 5.43 Å². The summed E-state index contributed by atoms with van der Waals surface area (Å²) < 4.78 is 10.9. The molecule has 0 bridgehead atoms. The van der Waals surface area contributed by atoms with Gasteiger partial charge in [-0.1, -0.05) is 13.8 Å². The average Bonchev–Trinajstić information content (AvgIpc) is 2.37. The molecule has 0 spiro atoms. The molecule has 2 aromatic rings. The van der Waals surface area contributed by atoms with E-state index in [9.17, 15) is 4.79 Å². The van der Waals surface area contributed by atoms with Crippen LogP contribution in [0.3, 0.4) is 0 Å². The second-order valence-corrected chi connectivity index (χ2v) is 4.61. The van der Waals surface area contributed by atoms with Gasteiger partial charge in [0.1, 0.15) is 17.6 Å². The summed E-state index contributed by atoms with van der Waals surface area (Å²) in [5.74, 6) is 1.11. The van der Waals surface area contributed by atoms with Gasteiger partial charge >= 0.3 is 0 Å². The lowest BCUT2D eigenvalue weighted by atomic mass is 10.2. The van der Waals surface area contributed by atoms with Gasteiger partial charge in [-0.3, -0.25) is 4.79 Å². The van der Waals surface area contributed by atoms with Crippen molar-refractivity contribution >= 4 is 11.0 Å². The molecule has 0 saturated heterocycles. The minimum absolute atomic E-state index is 0.200.